The van der Waals surface area contributed by atoms with E-state index in [-0.39, 0.29) is 49.9 Å². The summed E-state index contributed by atoms with van der Waals surface area (Å²) in [5.41, 5.74) is 0.626. The van der Waals surface area contributed by atoms with Gasteiger partial charge in [0.15, 0.2) is 5.76 Å². The van der Waals surface area contributed by atoms with Crippen LogP contribution in [0.15, 0.2) is 53.1 Å². The highest BCUT2D eigenvalue weighted by molar-refractivity contribution is 6.35. The number of ether oxygens (including phenoxy) is 3. The molecular formula is C27H30Cl2N4O8. The first kappa shape index (κ1) is 31.8. The molecule has 4 N–H and O–H groups in total. The standard InChI is InChI=1S/C27H30Cl2N4O8/c1-38-10-11-39-12-13-40-27(37)30-9-8-22(25(34)33-21-5-3-2-4-18(21)26(35)36)31-16-24-32-15-23(41-24)19-14-17(28)6-7-20(19)29/h2-7,14-15,22,31H,8-13,16H2,1H3,(H,30,37)(H,33,34)(H,35,36). The van der Waals surface area contributed by atoms with Crippen LogP contribution >= 0.6 is 23.2 Å². The number of aromatic carboxylic acids is 1. The number of oxazole rings is 1. The zero-order chi connectivity index (χ0) is 29.6. The van der Waals surface area contributed by atoms with Crippen molar-refractivity contribution in [3.63, 3.8) is 0 Å². The van der Waals surface area contributed by atoms with Crippen LogP contribution in [0.1, 0.15) is 22.7 Å². The van der Waals surface area contributed by atoms with E-state index < -0.39 is 24.0 Å². The number of carbonyl (C=O) groups excluding carboxylic acids is 2. The molecule has 0 fully saturated rings. The van der Waals surface area contributed by atoms with E-state index in [1.165, 1.54) is 18.3 Å². The summed E-state index contributed by atoms with van der Waals surface area (Å²) in [6.45, 7) is 1.19. The van der Waals surface area contributed by atoms with E-state index in [0.717, 1.165) is 0 Å². The molecule has 3 rings (SSSR count). The number of halogens is 2. The smallest absolute Gasteiger partial charge is 0.407 e. The third-order valence-corrected chi connectivity index (χ3v) is 6.14. The minimum Gasteiger partial charge on any atom is -0.478 e. The third-order valence-electron chi connectivity index (χ3n) is 5.57. The number of rotatable bonds is 16. The summed E-state index contributed by atoms with van der Waals surface area (Å²) >= 11 is 12.3. The molecule has 1 atom stereocenters. The van der Waals surface area contributed by atoms with Crippen molar-refractivity contribution in [3.8, 4) is 11.3 Å². The van der Waals surface area contributed by atoms with Gasteiger partial charge in [-0.1, -0.05) is 35.3 Å². The SMILES string of the molecule is COCCOCCOC(=O)NCCC(NCc1ncc(-c2cc(Cl)ccc2Cl)o1)C(=O)Nc1ccccc1C(=O)O. The Balaban J connectivity index is 1.62. The molecule has 0 spiro atoms. The second-order valence-electron chi connectivity index (χ2n) is 8.47. The molecule has 3 aromatic rings. The minimum atomic E-state index is -1.19. The van der Waals surface area contributed by atoms with Crippen molar-refractivity contribution in [2.24, 2.45) is 0 Å². The number of hydrogen-bond donors (Lipinski definition) is 4. The third kappa shape index (κ3) is 10.3. The molecule has 2 aromatic carbocycles. The lowest BCUT2D eigenvalue weighted by Crippen LogP contribution is -2.43. The van der Waals surface area contributed by atoms with Gasteiger partial charge in [0.05, 0.1) is 54.9 Å². The van der Waals surface area contributed by atoms with Crippen molar-refractivity contribution >= 4 is 46.9 Å². The Bertz CT molecular complexity index is 1320. The Labute approximate surface area is 246 Å². The quantitative estimate of drug-likeness (QED) is 0.173. The van der Waals surface area contributed by atoms with Crippen molar-refractivity contribution in [2.75, 3.05) is 45.4 Å². The molecule has 1 heterocycles. The summed E-state index contributed by atoms with van der Waals surface area (Å²) in [6.07, 6.45) is 0.948. The number of hydrogen-bond acceptors (Lipinski definition) is 9. The average Bonchev–Trinajstić information content (AvgIpc) is 3.42. The second kappa shape index (κ2) is 16.6. The molecule has 220 valence electrons. The van der Waals surface area contributed by atoms with Crippen LogP contribution in [0.4, 0.5) is 10.5 Å². The number of amides is 2. The number of alkyl carbamates (subject to hydrolysis) is 1. The van der Waals surface area contributed by atoms with E-state index in [4.69, 9.17) is 41.8 Å². The zero-order valence-corrected chi connectivity index (χ0v) is 23.7. The molecule has 0 saturated heterocycles. The molecule has 0 aliphatic heterocycles. The Hall–Kier alpha value is -3.68. The van der Waals surface area contributed by atoms with Gasteiger partial charge in [0, 0.05) is 24.2 Å². The number of methoxy groups -OCH3 is 1. The fourth-order valence-corrected chi connectivity index (χ4v) is 3.93. The highest BCUT2D eigenvalue weighted by Crippen LogP contribution is 2.31. The highest BCUT2D eigenvalue weighted by atomic mass is 35.5. The monoisotopic (exact) mass is 608 g/mol. The summed E-state index contributed by atoms with van der Waals surface area (Å²) in [6, 6.07) is 10.1. The lowest BCUT2D eigenvalue weighted by atomic mass is 10.1. The molecule has 0 aliphatic rings. The van der Waals surface area contributed by atoms with Crippen LogP contribution < -0.4 is 16.0 Å². The van der Waals surface area contributed by atoms with Gasteiger partial charge in [-0.05, 0) is 36.8 Å². The topological polar surface area (TPSA) is 161 Å². The molecule has 0 aliphatic carbocycles. The first-order chi connectivity index (χ1) is 19.8. The van der Waals surface area contributed by atoms with E-state index >= 15 is 0 Å². The maximum atomic E-state index is 13.2. The lowest BCUT2D eigenvalue weighted by molar-refractivity contribution is -0.118. The van der Waals surface area contributed by atoms with Crippen molar-refractivity contribution in [3.05, 3.63) is 70.2 Å². The maximum Gasteiger partial charge on any atom is 0.407 e. The van der Waals surface area contributed by atoms with Gasteiger partial charge >= 0.3 is 12.1 Å². The number of benzene rings is 2. The van der Waals surface area contributed by atoms with Gasteiger partial charge < -0.3 is 34.4 Å². The molecular weight excluding hydrogens is 579 g/mol. The number of carboxylic acid groups (broad SMARTS) is 1. The average molecular weight is 609 g/mol. The number of carbonyl (C=O) groups is 3. The van der Waals surface area contributed by atoms with Crippen molar-refractivity contribution in [1.82, 2.24) is 15.6 Å². The van der Waals surface area contributed by atoms with Gasteiger partial charge in [-0.15, -0.1) is 0 Å². The molecule has 2 amide bonds. The first-order valence-corrected chi connectivity index (χ1v) is 13.3. The zero-order valence-electron chi connectivity index (χ0n) is 22.2. The van der Waals surface area contributed by atoms with Gasteiger partial charge in [0.1, 0.15) is 6.61 Å². The van der Waals surface area contributed by atoms with E-state index in [1.807, 2.05) is 0 Å². The molecule has 12 nitrogen and oxygen atoms in total. The minimum absolute atomic E-state index is 0.0418. The Morgan fingerprint density at radius 3 is 2.63 bits per heavy atom. The number of nitrogens with zero attached hydrogens (tertiary/aromatic N) is 1. The van der Waals surface area contributed by atoms with Crippen LogP contribution in [0.2, 0.25) is 10.0 Å². The molecule has 1 aromatic heterocycles. The normalized spacial score (nSPS) is 11.6. The second-order valence-corrected chi connectivity index (χ2v) is 9.32. The summed E-state index contributed by atoms with van der Waals surface area (Å²) in [5, 5.41) is 18.6. The predicted molar refractivity (Wildman–Crippen MR) is 151 cm³/mol. The predicted octanol–water partition coefficient (Wildman–Crippen LogP) is 4.22. The fraction of sp³-hybridized carbons (Fsp3) is 0.333. The van der Waals surface area contributed by atoms with Crippen LogP contribution in [0.25, 0.3) is 11.3 Å². The number of nitrogens with one attached hydrogen (secondary N) is 3. The maximum absolute atomic E-state index is 13.2. The fourth-order valence-electron chi connectivity index (χ4n) is 3.54. The highest BCUT2D eigenvalue weighted by Gasteiger charge is 2.22. The van der Waals surface area contributed by atoms with Crippen LogP contribution in [0, 0.1) is 0 Å². The van der Waals surface area contributed by atoms with Gasteiger partial charge in [-0.3, -0.25) is 10.1 Å². The Morgan fingerprint density at radius 1 is 1.07 bits per heavy atom. The molecule has 14 heteroatoms. The van der Waals surface area contributed by atoms with Gasteiger partial charge in [0.25, 0.3) is 0 Å². The largest absolute Gasteiger partial charge is 0.478 e. The number of aromatic nitrogens is 1. The summed E-state index contributed by atoms with van der Waals surface area (Å²) in [7, 11) is 1.56. The van der Waals surface area contributed by atoms with Crippen LogP contribution in [0.5, 0.6) is 0 Å². The Kier molecular flexibility index (Phi) is 12.9. The van der Waals surface area contributed by atoms with E-state index in [1.54, 1.807) is 37.4 Å². The first-order valence-electron chi connectivity index (χ1n) is 12.5. The van der Waals surface area contributed by atoms with E-state index in [9.17, 15) is 19.5 Å². The van der Waals surface area contributed by atoms with Gasteiger partial charge in [-0.2, -0.15) is 0 Å². The summed E-state index contributed by atoms with van der Waals surface area (Å²) in [5.74, 6) is -1.06. The molecule has 0 saturated carbocycles. The molecule has 0 radical (unpaired) electrons. The van der Waals surface area contributed by atoms with Gasteiger partial charge in [-0.25, -0.2) is 14.6 Å². The van der Waals surface area contributed by atoms with E-state index in [0.29, 0.717) is 34.6 Å². The lowest BCUT2D eigenvalue weighted by Gasteiger charge is -2.19. The van der Waals surface area contributed by atoms with Crippen LogP contribution in [-0.2, 0) is 25.5 Å². The Morgan fingerprint density at radius 2 is 1.85 bits per heavy atom. The number of anilines is 1. The van der Waals surface area contributed by atoms with E-state index in [2.05, 4.69) is 20.9 Å². The molecule has 1 unspecified atom stereocenters. The number of para-hydroxylation sites is 1. The molecule has 0 bridgehead atoms. The van der Waals surface area contributed by atoms with Gasteiger partial charge in [0.2, 0.25) is 11.8 Å². The number of carboxylic acids is 1. The van der Waals surface area contributed by atoms with Crippen LogP contribution in [-0.4, -0.2) is 74.2 Å². The van der Waals surface area contributed by atoms with Crippen molar-refractivity contribution < 1.29 is 38.1 Å². The van der Waals surface area contributed by atoms with Crippen LogP contribution in [0.3, 0.4) is 0 Å². The molecule has 41 heavy (non-hydrogen) atoms. The summed E-state index contributed by atoms with van der Waals surface area (Å²) in [4.78, 5) is 41.0. The van der Waals surface area contributed by atoms with Crippen molar-refractivity contribution in [2.45, 2.75) is 19.0 Å². The summed E-state index contributed by atoms with van der Waals surface area (Å²) < 4.78 is 20.9. The van der Waals surface area contributed by atoms with Crippen molar-refractivity contribution in [1.29, 1.82) is 0 Å².